The van der Waals surface area contributed by atoms with Crippen molar-refractivity contribution in [2.75, 3.05) is 22.8 Å². The first kappa shape index (κ1) is 24.6. The summed E-state index contributed by atoms with van der Waals surface area (Å²) in [6, 6.07) is 12.5. The number of hydrogen-bond acceptors (Lipinski definition) is 6. The highest BCUT2D eigenvalue weighted by Crippen LogP contribution is 2.31. The fourth-order valence-electron chi connectivity index (χ4n) is 3.40. The Hall–Kier alpha value is -3.47. The molecule has 3 aromatic rings. The second-order valence-electron chi connectivity index (χ2n) is 7.40. The molecule has 1 unspecified atom stereocenters. The van der Waals surface area contributed by atoms with Crippen molar-refractivity contribution in [1.82, 2.24) is 9.99 Å². The monoisotopic (exact) mass is 533 g/mol. The van der Waals surface area contributed by atoms with Crippen LogP contribution in [0.2, 0.25) is 10.0 Å². The Labute approximate surface area is 215 Å². The summed E-state index contributed by atoms with van der Waals surface area (Å²) in [5.41, 5.74) is 3.82. The van der Waals surface area contributed by atoms with E-state index in [-0.39, 0.29) is 22.4 Å². The number of nitrogens with zero attached hydrogens (tertiary/aromatic N) is 3. The van der Waals surface area contributed by atoms with Gasteiger partial charge in [-0.1, -0.05) is 23.2 Å². The average Bonchev–Trinajstić information content (AvgIpc) is 3.06. The molecular weight excluding hydrogens is 516 g/mol. The van der Waals surface area contributed by atoms with E-state index in [2.05, 4.69) is 15.7 Å². The van der Waals surface area contributed by atoms with Gasteiger partial charge >= 0.3 is 0 Å². The van der Waals surface area contributed by atoms with Gasteiger partial charge in [0.1, 0.15) is 17.6 Å². The maximum absolute atomic E-state index is 13.5. The Morgan fingerprint density at radius 3 is 2.49 bits per heavy atom. The smallest absolute Gasteiger partial charge is 0.258 e. The molecule has 180 valence electrons. The van der Waals surface area contributed by atoms with Crippen LogP contribution in [0.4, 0.5) is 21.6 Å². The second-order valence-corrected chi connectivity index (χ2v) is 8.60. The van der Waals surface area contributed by atoms with Gasteiger partial charge in [-0.15, -0.1) is 0 Å². The summed E-state index contributed by atoms with van der Waals surface area (Å²) in [6.07, 6.45) is 1.12. The van der Waals surface area contributed by atoms with Crippen LogP contribution in [0.15, 0.2) is 60.8 Å². The summed E-state index contributed by atoms with van der Waals surface area (Å²) in [4.78, 5) is 31.7. The molecule has 0 radical (unpaired) electrons. The predicted molar refractivity (Wildman–Crippen MR) is 136 cm³/mol. The Morgan fingerprint density at radius 1 is 1.17 bits per heavy atom. The third-order valence-electron chi connectivity index (χ3n) is 5.09. The van der Waals surface area contributed by atoms with Gasteiger partial charge in [-0.25, -0.2) is 14.4 Å². The lowest BCUT2D eigenvalue weighted by molar-refractivity contribution is -0.124. The van der Waals surface area contributed by atoms with Crippen molar-refractivity contribution < 1.29 is 18.7 Å². The van der Waals surface area contributed by atoms with E-state index in [1.807, 2.05) is 0 Å². The number of methoxy groups -OCH3 is 1. The fourth-order valence-corrected chi connectivity index (χ4v) is 4.19. The van der Waals surface area contributed by atoms with E-state index in [1.165, 1.54) is 53.5 Å². The van der Waals surface area contributed by atoms with Gasteiger partial charge < -0.3 is 10.1 Å². The number of ether oxygens (including phenoxy) is 1. The molecule has 0 aliphatic carbocycles. The van der Waals surface area contributed by atoms with Crippen LogP contribution in [0.3, 0.4) is 0 Å². The van der Waals surface area contributed by atoms with Gasteiger partial charge in [0.05, 0.1) is 29.3 Å². The zero-order valence-electron chi connectivity index (χ0n) is 18.2. The maximum atomic E-state index is 13.5. The molecule has 0 spiro atoms. The van der Waals surface area contributed by atoms with Gasteiger partial charge in [-0.2, -0.15) is 0 Å². The van der Waals surface area contributed by atoms with Crippen molar-refractivity contribution in [2.45, 2.75) is 12.5 Å². The topological polar surface area (TPSA) is 86.8 Å². The summed E-state index contributed by atoms with van der Waals surface area (Å²) in [6.45, 7) is 0. The van der Waals surface area contributed by atoms with E-state index in [4.69, 9.17) is 40.2 Å². The lowest BCUT2D eigenvalue weighted by Gasteiger charge is -2.25. The number of rotatable bonds is 7. The van der Waals surface area contributed by atoms with E-state index in [1.54, 1.807) is 24.3 Å². The summed E-state index contributed by atoms with van der Waals surface area (Å²) in [5.74, 6) is -0.541. The molecule has 0 bridgehead atoms. The van der Waals surface area contributed by atoms with Crippen molar-refractivity contribution in [2.24, 2.45) is 0 Å². The normalized spacial score (nSPS) is 15.4. The molecule has 4 rings (SSSR count). The Balaban J connectivity index is 1.62. The molecule has 2 amide bonds. The lowest BCUT2D eigenvalue weighted by atomic mass is 10.1. The van der Waals surface area contributed by atoms with Crippen LogP contribution >= 0.6 is 35.4 Å². The number of thiocarbonyl (C=S) groups is 1. The third kappa shape index (κ3) is 5.45. The lowest BCUT2D eigenvalue weighted by Crippen LogP contribution is -2.42. The molecule has 1 aliphatic heterocycles. The summed E-state index contributed by atoms with van der Waals surface area (Å²) in [7, 11) is 1.53. The van der Waals surface area contributed by atoms with E-state index < -0.39 is 23.7 Å². The van der Waals surface area contributed by atoms with Crippen LogP contribution in [0.5, 0.6) is 5.75 Å². The molecule has 12 heteroatoms. The molecule has 2 N–H and O–H groups in total. The van der Waals surface area contributed by atoms with Crippen LogP contribution in [0.1, 0.15) is 6.42 Å². The second kappa shape index (κ2) is 10.4. The zero-order chi connectivity index (χ0) is 25.1. The average molecular weight is 534 g/mol. The minimum atomic E-state index is -1.03. The highest BCUT2D eigenvalue weighted by molar-refractivity contribution is 7.80. The summed E-state index contributed by atoms with van der Waals surface area (Å²) in [5, 5.41) is 4.63. The van der Waals surface area contributed by atoms with E-state index in [9.17, 15) is 14.0 Å². The van der Waals surface area contributed by atoms with Crippen LogP contribution in [-0.2, 0) is 9.59 Å². The number of hydrogen-bond donors (Lipinski definition) is 2. The number of benzene rings is 2. The van der Waals surface area contributed by atoms with Crippen LogP contribution in [0.25, 0.3) is 0 Å². The van der Waals surface area contributed by atoms with Gasteiger partial charge in [0.15, 0.2) is 5.82 Å². The van der Waals surface area contributed by atoms with Crippen molar-refractivity contribution in [3.8, 4) is 5.75 Å². The Kier molecular flexibility index (Phi) is 7.34. The number of carbonyl (C=O) groups excluding carboxylic acids is 2. The number of hydrazine groups is 1. The van der Waals surface area contributed by atoms with Gasteiger partial charge in [-0.05, 0) is 66.8 Å². The minimum Gasteiger partial charge on any atom is -0.497 e. The quantitative estimate of drug-likeness (QED) is 0.418. The SMILES string of the molecule is COc1ccc(N2C(=O)C(CC(=O)Nc3ccc(F)cc3)N(Nc3ncc(Cl)cc3Cl)C2=S)cc1. The molecule has 1 fully saturated rings. The van der Waals surface area contributed by atoms with E-state index in [0.717, 1.165) is 0 Å². The molecule has 1 saturated heterocycles. The van der Waals surface area contributed by atoms with Gasteiger partial charge in [0, 0.05) is 11.9 Å². The van der Waals surface area contributed by atoms with Crippen molar-refractivity contribution in [3.05, 3.63) is 76.7 Å². The molecule has 1 atom stereocenters. The number of pyridine rings is 1. The zero-order valence-corrected chi connectivity index (χ0v) is 20.5. The fraction of sp³-hybridized carbons (Fsp3) is 0.130. The number of aromatic nitrogens is 1. The largest absolute Gasteiger partial charge is 0.497 e. The molecule has 1 aromatic heterocycles. The number of nitrogens with one attached hydrogen (secondary N) is 2. The highest BCUT2D eigenvalue weighted by Gasteiger charge is 2.45. The summed E-state index contributed by atoms with van der Waals surface area (Å²) >= 11 is 17.8. The molecule has 1 aliphatic rings. The first-order valence-electron chi connectivity index (χ1n) is 10.2. The van der Waals surface area contributed by atoms with E-state index >= 15 is 0 Å². The number of anilines is 3. The first-order valence-corrected chi connectivity index (χ1v) is 11.4. The number of carbonyl (C=O) groups is 2. The summed E-state index contributed by atoms with van der Waals surface area (Å²) < 4.78 is 18.4. The van der Waals surface area contributed by atoms with Crippen molar-refractivity contribution in [3.63, 3.8) is 0 Å². The van der Waals surface area contributed by atoms with Crippen LogP contribution < -0.4 is 20.4 Å². The number of halogens is 3. The standard InChI is InChI=1S/C23H18Cl2FN5O3S/c1-34-17-8-6-16(7-9-17)30-22(33)19(11-20(32)28-15-4-2-14(26)3-5-15)31(23(30)35)29-21-18(25)10-13(24)12-27-21/h2-10,12,19H,11H2,1H3,(H,27,29)(H,28,32). The highest BCUT2D eigenvalue weighted by atomic mass is 35.5. The molecule has 35 heavy (non-hydrogen) atoms. The minimum absolute atomic E-state index is 0.0903. The third-order valence-corrected chi connectivity index (χ3v) is 5.96. The maximum Gasteiger partial charge on any atom is 0.258 e. The molecule has 0 saturated carbocycles. The van der Waals surface area contributed by atoms with E-state index in [0.29, 0.717) is 22.1 Å². The Bertz CT molecular complexity index is 1280. The van der Waals surface area contributed by atoms with Gasteiger partial charge in [0.25, 0.3) is 5.91 Å². The number of amides is 2. The van der Waals surface area contributed by atoms with Crippen LogP contribution in [-0.4, -0.2) is 40.1 Å². The first-order chi connectivity index (χ1) is 16.8. The van der Waals surface area contributed by atoms with Gasteiger partial charge in [0.2, 0.25) is 11.0 Å². The molecular formula is C23H18Cl2FN5O3S. The molecule has 8 nitrogen and oxygen atoms in total. The molecule has 2 aromatic carbocycles. The van der Waals surface area contributed by atoms with Crippen molar-refractivity contribution in [1.29, 1.82) is 0 Å². The van der Waals surface area contributed by atoms with Gasteiger partial charge in [-0.3, -0.25) is 19.9 Å². The molecule has 2 heterocycles. The predicted octanol–water partition coefficient (Wildman–Crippen LogP) is 4.89. The van der Waals surface area contributed by atoms with Crippen LogP contribution in [0, 0.1) is 5.82 Å². The Morgan fingerprint density at radius 2 is 1.86 bits per heavy atom. The van der Waals surface area contributed by atoms with Crippen molar-refractivity contribution >= 4 is 69.5 Å².